The van der Waals surface area contributed by atoms with Gasteiger partial charge in [-0.1, -0.05) is 12.8 Å². The summed E-state index contributed by atoms with van der Waals surface area (Å²) in [6.45, 7) is 3.97. The average Bonchev–Trinajstić information content (AvgIpc) is 2.41. The fourth-order valence-electron chi connectivity index (χ4n) is 3.09. The van der Waals surface area contributed by atoms with Crippen molar-refractivity contribution in [2.75, 3.05) is 13.6 Å². The van der Waals surface area contributed by atoms with Crippen LogP contribution in [0, 0.1) is 12.8 Å². The van der Waals surface area contributed by atoms with Crippen LogP contribution in [0.1, 0.15) is 36.8 Å². The van der Waals surface area contributed by atoms with Gasteiger partial charge in [0.15, 0.2) is 0 Å². The van der Waals surface area contributed by atoms with E-state index in [1.807, 2.05) is 12.4 Å². The van der Waals surface area contributed by atoms with Crippen molar-refractivity contribution in [3.8, 4) is 0 Å². The molecule has 18 heavy (non-hydrogen) atoms. The van der Waals surface area contributed by atoms with Crippen LogP contribution in [0.15, 0.2) is 18.5 Å². The Labute approximate surface area is 110 Å². The predicted molar refractivity (Wildman–Crippen MR) is 75.2 cm³/mol. The molecular weight excluding hydrogens is 222 g/mol. The maximum atomic E-state index is 5.92. The normalized spacial score (nSPS) is 24.4. The highest BCUT2D eigenvalue weighted by Crippen LogP contribution is 2.28. The lowest BCUT2D eigenvalue weighted by molar-refractivity contribution is 0.127. The van der Waals surface area contributed by atoms with Gasteiger partial charge >= 0.3 is 0 Å². The molecule has 0 bridgehead atoms. The first-order chi connectivity index (χ1) is 8.72. The van der Waals surface area contributed by atoms with Gasteiger partial charge in [-0.2, -0.15) is 0 Å². The highest BCUT2D eigenvalue weighted by atomic mass is 15.1. The fourth-order valence-corrected chi connectivity index (χ4v) is 3.09. The monoisotopic (exact) mass is 247 g/mol. The third-order valence-electron chi connectivity index (χ3n) is 4.31. The van der Waals surface area contributed by atoms with Crippen LogP contribution in [0.3, 0.4) is 0 Å². The van der Waals surface area contributed by atoms with Gasteiger partial charge in [-0.25, -0.2) is 0 Å². The molecule has 2 unspecified atom stereocenters. The van der Waals surface area contributed by atoms with E-state index in [1.54, 1.807) is 0 Å². The molecule has 0 spiro atoms. The molecule has 1 saturated carbocycles. The summed E-state index contributed by atoms with van der Waals surface area (Å²) < 4.78 is 0. The lowest BCUT2D eigenvalue weighted by Crippen LogP contribution is -2.42. The molecule has 3 heteroatoms. The highest BCUT2D eigenvalue weighted by molar-refractivity contribution is 5.21. The summed E-state index contributed by atoms with van der Waals surface area (Å²) in [5, 5.41) is 0. The minimum absolute atomic E-state index is 0.642. The van der Waals surface area contributed by atoms with Gasteiger partial charge in [0.05, 0.1) is 0 Å². The number of nitrogens with two attached hydrogens (primary N) is 1. The van der Waals surface area contributed by atoms with E-state index in [2.05, 4.69) is 29.9 Å². The highest BCUT2D eigenvalue weighted by Gasteiger charge is 2.27. The molecule has 0 aliphatic heterocycles. The number of nitrogens with zero attached hydrogens (tertiary/aromatic N) is 2. The fraction of sp³-hybridized carbons (Fsp3) is 0.667. The lowest BCUT2D eigenvalue weighted by Gasteiger charge is -2.37. The predicted octanol–water partition coefficient (Wildman–Crippen LogP) is 2.34. The number of hydrogen-bond acceptors (Lipinski definition) is 3. The van der Waals surface area contributed by atoms with Gasteiger partial charge in [0.2, 0.25) is 0 Å². The number of rotatable bonds is 4. The minimum atomic E-state index is 0.642. The second kappa shape index (κ2) is 6.30. The van der Waals surface area contributed by atoms with Gasteiger partial charge < -0.3 is 5.73 Å². The van der Waals surface area contributed by atoms with Crippen LogP contribution >= 0.6 is 0 Å². The first kappa shape index (κ1) is 13.5. The summed E-state index contributed by atoms with van der Waals surface area (Å²) in [5.41, 5.74) is 8.58. The van der Waals surface area contributed by atoms with Crippen molar-refractivity contribution >= 4 is 0 Å². The molecule has 1 aliphatic rings. The van der Waals surface area contributed by atoms with Crippen LogP contribution in [0.2, 0.25) is 0 Å². The lowest BCUT2D eigenvalue weighted by atomic mass is 9.83. The third kappa shape index (κ3) is 3.09. The molecular formula is C15H25N3. The molecule has 0 radical (unpaired) electrons. The molecule has 1 heterocycles. The number of hydrogen-bond donors (Lipinski definition) is 1. The van der Waals surface area contributed by atoms with Gasteiger partial charge in [-0.15, -0.1) is 0 Å². The molecule has 0 amide bonds. The molecule has 1 fully saturated rings. The summed E-state index contributed by atoms with van der Waals surface area (Å²) in [6.07, 6.45) is 9.12. The van der Waals surface area contributed by atoms with Crippen LogP contribution in [0.25, 0.3) is 0 Å². The summed E-state index contributed by atoms with van der Waals surface area (Å²) in [5.74, 6) is 0.667. The second-order valence-electron chi connectivity index (χ2n) is 5.56. The zero-order chi connectivity index (χ0) is 13.0. The summed E-state index contributed by atoms with van der Waals surface area (Å²) in [6, 6.07) is 2.73. The quantitative estimate of drug-likeness (QED) is 0.888. The number of aromatic nitrogens is 1. The Morgan fingerprint density at radius 2 is 2.17 bits per heavy atom. The van der Waals surface area contributed by atoms with Gasteiger partial charge in [0.25, 0.3) is 0 Å². The first-order valence-electron chi connectivity index (χ1n) is 7.02. The van der Waals surface area contributed by atoms with Crippen LogP contribution < -0.4 is 5.73 Å². The van der Waals surface area contributed by atoms with E-state index < -0.39 is 0 Å². The second-order valence-corrected chi connectivity index (χ2v) is 5.56. The van der Waals surface area contributed by atoms with E-state index >= 15 is 0 Å². The topological polar surface area (TPSA) is 42.2 Å². The molecule has 2 N–H and O–H groups in total. The first-order valence-corrected chi connectivity index (χ1v) is 7.02. The molecule has 1 aromatic heterocycles. The zero-order valence-electron chi connectivity index (χ0n) is 11.6. The Balaban J connectivity index is 2.02. The van der Waals surface area contributed by atoms with Gasteiger partial charge in [-0.3, -0.25) is 9.88 Å². The molecule has 2 rings (SSSR count). The molecule has 1 aromatic rings. The standard InChI is InChI=1S/C15H25N3/c1-12-7-8-17-10-14(12)11-18(2)15-6-4-3-5-13(15)9-16/h7-8,10,13,15H,3-6,9,11,16H2,1-2H3. The average molecular weight is 247 g/mol. The van der Waals surface area contributed by atoms with Crippen molar-refractivity contribution in [2.45, 2.75) is 45.2 Å². The Bertz CT molecular complexity index is 378. The van der Waals surface area contributed by atoms with Crippen LogP contribution in [-0.4, -0.2) is 29.5 Å². The Morgan fingerprint density at radius 3 is 2.89 bits per heavy atom. The Morgan fingerprint density at radius 1 is 1.39 bits per heavy atom. The third-order valence-corrected chi connectivity index (χ3v) is 4.31. The van der Waals surface area contributed by atoms with Crippen LogP contribution in [-0.2, 0) is 6.54 Å². The summed E-state index contributed by atoms with van der Waals surface area (Å²) >= 11 is 0. The number of pyridine rings is 1. The molecule has 0 saturated heterocycles. The number of aryl methyl sites for hydroxylation is 1. The maximum Gasteiger partial charge on any atom is 0.0315 e. The van der Waals surface area contributed by atoms with E-state index in [0.29, 0.717) is 12.0 Å². The van der Waals surface area contributed by atoms with Crippen molar-refractivity contribution in [2.24, 2.45) is 11.7 Å². The zero-order valence-corrected chi connectivity index (χ0v) is 11.6. The smallest absolute Gasteiger partial charge is 0.0315 e. The van der Waals surface area contributed by atoms with E-state index in [1.165, 1.54) is 36.8 Å². The molecule has 3 nitrogen and oxygen atoms in total. The largest absolute Gasteiger partial charge is 0.330 e. The molecule has 2 atom stereocenters. The van der Waals surface area contributed by atoms with Crippen molar-refractivity contribution in [3.63, 3.8) is 0 Å². The van der Waals surface area contributed by atoms with Crippen LogP contribution in [0.5, 0.6) is 0 Å². The van der Waals surface area contributed by atoms with E-state index in [0.717, 1.165) is 13.1 Å². The molecule has 0 aromatic carbocycles. The molecule has 1 aliphatic carbocycles. The SMILES string of the molecule is Cc1ccncc1CN(C)C1CCCCC1CN. The minimum Gasteiger partial charge on any atom is -0.330 e. The van der Waals surface area contributed by atoms with E-state index in [-0.39, 0.29) is 0 Å². The summed E-state index contributed by atoms with van der Waals surface area (Å²) in [4.78, 5) is 6.70. The Kier molecular flexibility index (Phi) is 4.72. The van der Waals surface area contributed by atoms with Crippen LogP contribution in [0.4, 0.5) is 0 Å². The van der Waals surface area contributed by atoms with E-state index in [4.69, 9.17) is 5.73 Å². The van der Waals surface area contributed by atoms with E-state index in [9.17, 15) is 0 Å². The molecule has 100 valence electrons. The van der Waals surface area contributed by atoms with Crippen molar-refractivity contribution in [1.82, 2.24) is 9.88 Å². The summed E-state index contributed by atoms with van der Waals surface area (Å²) in [7, 11) is 2.23. The van der Waals surface area contributed by atoms with Gasteiger partial charge in [0, 0.05) is 25.0 Å². The Hall–Kier alpha value is -0.930. The van der Waals surface area contributed by atoms with Crippen molar-refractivity contribution in [3.05, 3.63) is 29.6 Å². The maximum absolute atomic E-state index is 5.92. The van der Waals surface area contributed by atoms with Crippen molar-refractivity contribution < 1.29 is 0 Å². The van der Waals surface area contributed by atoms with Crippen molar-refractivity contribution in [1.29, 1.82) is 0 Å². The van der Waals surface area contributed by atoms with Gasteiger partial charge in [-0.05, 0) is 56.5 Å². The van der Waals surface area contributed by atoms with Gasteiger partial charge in [0.1, 0.15) is 0 Å².